The first-order valence-corrected chi connectivity index (χ1v) is 12.1. The summed E-state index contributed by atoms with van der Waals surface area (Å²) in [6, 6.07) is 0. The van der Waals surface area contributed by atoms with Crippen molar-refractivity contribution in [1.82, 2.24) is 19.9 Å². The lowest BCUT2D eigenvalue weighted by Crippen LogP contribution is -2.28. The number of pyridine rings is 1. The quantitative estimate of drug-likeness (QED) is 0.523. The molecule has 0 fully saturated rings. The summed E-state index contributed by atoms with van der Waals surface area (Å²) in [5.74, 6) is 0.963. The Morgan fingerprint density at radius 2 is 1.86 bits per heavy atom. The molecule has 29 heavy (non-hydrogen) atoms. The zero-order valence-corrected chi connectivity index (χ0v) is 18.9. The summed E-state index contributed by atoms with van der Waals surface area (Å²) in [7, 11) is 0. The minimum Gasteiger partial charge on any atom is -0.367 e. The van der Waals surface area contributed by atoms with Crippen molar-refractivity contribution in [1.29, 1.82) is 0 Å². The molecule has 1 N–H and O–H groups in total. The van der Waals surface area contributed by atoms with E-state index in [1.807, 2.05) is 0 Å². The molecule has 3 aromatic rings. The number of aryl methyl sites for hydroxylation is 2. The van der Waals surface area contributed by atoms with Crippen molar-refractivity contribution in [2.45, 2.75) is 65.7 Å². The second-order valence-electron chi connectivity index (χ2n) is 7.96. The predicted octanol–water partition coefficient (Wildman–Crippen LogP) is 5.21. The van der Waals surface area contributed by atoms with E-state index < -0.39 is 0 Å². The van der Waals surface area contributed by atoms with E-state index in [4.69, 9.17) is 9.97 Å². The SMILES string of the molecule is CCCCc1nc2sc3c(NCCN(CC)CC)ncnc3c2c2c1CCCC2. The molecule has 3 aromatic heterocycles. The number of likely N-dealkylation sites (N-methyl/N-ethyl adjacent to an activating group) is 1. The molecular formula is C23H33N5S. The molecule has 4 rings (SSSR count). The van der Waals surface area contributed by atoms with Crippen molar-refractivity contribution in [3.05, 3.63) is 23.1 Å². The van der Waals surface area contributed by atoms with Gasteiger partial charge in [0.15, 0.2) is 0 Å². The largest absolute Gasteiger partial charge is 0.367 e. The number of nitrogens with one attached hydrogen (secondary N) is 1. The lowest BCUT2D eigenvalue weighted by molar-refractivity contribution is 0.316. The molecule has 0 radical (unpaired) electrons. The van der Waals surface area contributed by atoms with Crippen LogP contribution in [-0.4, -0.2) is 46.0 Å². The first-order valence-electron chi connectivity index (χ1n) is 11.3. The third-order valence-electron chi connectivity index (χ3n) is 6.19. The van der Waals surface area contributed by atoms with Gasteiger partial charge in [-0.1, -0.05) is 27.2 Å². The molecule has 3 heterocycles. The Hall–Kier alpha value is -1.79. The van der Waals surface area contributed by atoms with Crippen molar-refractivity contribution in [2.24, 2.45) is 0 Å². The van der Waals surface area contributed by atoms with Gasteiger partial charge in [0.1, 0.15) is 17.0 Å². The molecule has 1 aliphatic rings. The summed E-state index contributed by atoms with van der Waals surface area (Å²) in [6.07, 6.45) is 10.1. The fourth-order valence-corrected chi connectivity index (χ4v) is 5.63. The van der Waals surface area contributed by atoms with Gasteiger partial charge in [0.2, 0.25) is 0 Å². The van der Waals surface area contributed by atoms with Gasteiger partial charge in [-0.05, 0) is 62.7 Å². The highest BCUT2D eigenvalue weighted by Gasteiger charge is 2.22. The molecule has 1 aliphatic carbocycles. The summed E-state index contributed by atoms with van der Waals surface area (Å²) in [4.78, 5) is 18.0. The van der Waals surface area contributed by atoms with E-state index in [9.17, 15) is 0 Å². The molecule has 0 saturated heterocycles. The van der Waals surface area contributed by atoms with Crippen LogP contribution in [0.25, 0.3) is 20.4 Å². The molecule has 0 aliphatic heterocycles. The molecule has 0 atom stereocenters. The molecule has 0 unspecified atom stereocenters. The van der Waals surface area contributed by atoms with E-state index in [-0.39, 0.29) is 0 Å². The summed E-state index contributed by atoms with van der Waals surface area (Å²) in [5.41, 5.74) is 5.47. The number of hydrogen-bond donors (Lipinski definition) is 1. The zero-order chi connectivity index (χ0) is 20.2. The van der Waals surface area contributed by atoms with Gasteiger partial charge in [0, 0.05) is 24.2 Å². The monoisotopic (exact) mass is 411 g/mol. The lowest BCUT2D eigenvalue weighted by Gasteiger charge is -2.20. The predicted molar refractivity (Wildman–Crippen MR) is 124 cm³/mol. The van der Waals surface area contributed by atoms with Crippen LogP contribution < -0.4 is 5.32 Å². The Kier molecular flexibility index (Phi) is 6.60. The van der Waals surface area contributed by atoms with Crippen LogP contribution in [0.2, 0.25) is 0 Å². The second kappa shape index (κ2) is 9.35. The minimum absolute atomic E-state index is 0.898. The molecule has 156 valence electrons. The van der Waals surface area contributed by atoms with Gasteiger partial charge in [0.05, 0.1) is 10.2 Å². The van der Waals surface area contributed by atoms with Gasteiger partial charge in [-0.2, -0.15) is 0 Å². The van der Waals surface area contributed by atoms with Crippen molar-refractivity contribution in [3.63, 3.8) is 0 Å². The van der Waals surface area contributed by atoms with E-state index in [1.54, 1.807) is 17.7 Å². The number of thiophene rings is 1. The van der Waals surface area contributed by atoms with Crippen molar-refractivity contribution in [2.75, 3.05) is 31.5 Å². The van der Waals surface area contributed by atoms with E-state index in [1.165, 1.54) is 54.3 Å². The topological polar surface area (TPSA) is 53.9 Å². The van der Waals surface area contributed by atoms with Crippen molar-refractivity contribution >= 4 is 37.6 Å². The van der Waals surface area contributed by atoms with Crippen LogP contribution >= 0.6 is 11.3 Å². The summed E-state index contributed by atoms with van der Waals surface area (Å²) in [5, 5.41) is 4.87. The number of unbranched alkanes of at least 4 members (excludes halogenated alkanes) is 1. The van der Waals surface area contributed by atoms with Gasteiger partial charge in [-0.25, -0.2) is 15.0 Å². The number of anilines is 1. The molecular weight excluding hydrogens is 378 g/mol. The Morgan fingerprint density at radius 3 is 2.62 bits per heavy atom. The van der Waals surface area contributed by atoms with E-state index in [2.05, 4.69) is 36.0 Å². The second-order valence-corrected chi connectivity index (χ2v) is 8.96. The third kappa shape index (κ3) is 4.10. The van der Waals surface area contributed by atoms with Crippen LogP contribution in [0, 0.1) is 0 Å². The maximum atomic E-state index is 5.15. The number of hydrogen-bond acceptors (Lipinski definition) is 6. The zero-order valence-electron chi connectivity index (χ0n) is 18.1. The normalized spacial score (nSPS) is 14.1. The van der Waals surface area contributed by atoms with Gasteiger partial charge in [-0.15, -0.1) is 11.3 Å². The van der Waals surface area contributed by atoms with E-state index >= 15 is 0 Å². The highest BCUT2D eigenvalue weighted by Crippen LogP contribution is 2.40. The van der Waals surface area contributed by atoms with Crippen molar-refractivity contribution in [3.8, 4) is 0 Å². The van der Waals surface area contributed by atoms with Crippen LogP contribution in [0.3, 0.4) is 0 Å². The summed E-state index contributed by atoms with van der Waals surface area (Å²) >= 11 is 1.77. The number of nitrogens with zero attached hydrogens (tertiary/aromatic N) is 4. The Morgan fingerprint density at radius 1 is 1.07 bits per heavy atom. The van der Waals surface area contributed by atoms with Crippen LogP contribution in [0.5, 0.6) is 0 Å². The number of fused-ring (bicyclic) bond motifs is 5. The maximum absolute atomic E-state index is 5.15. The standard InChI is InChI=1S/C23H33N5S/c1-4-7-12-18-16-10-8-9-11-17(16)19-20-21(29-23(19)27-18)22(26-15-25-20)24-13-14-28(5-2)6-3/h15H,4-14H2,1-3H3,(H,24,25,26). The molecule has 0 saturated carbocycles. The van der Waals surface area contributed by atoms with Crippen LogP contribution in [-0.2, 0) is 19.3 Å². The summed E-state index contributed by atoms with van der Waals surface area (Å²) < 4.78 is 1.16. The van der Waals surface area contributed by atoms with Crippen LogP contribution in [0.1, 0.15) is 63.3 Å². The molecule has 0 aromatic carbocycles. The number of aromatic nitrogens is 3. The smallest absolute Gasteiger partial charge is 0.147 e. The molecule has 0 amide bonds. The van der Waals surface area contributed by atoms with Crippen LogP contribution in [0.15, 0.2) is 6.33 Å². The summed E-state index contributed by atoms with van der Waals surface area (Å²) in [6.45, 7) is 10.8. The van der Waals surface area contributed by atoms with Gasteiger partial charge < -0.3 is 10.2 Å². The average Bonchev–Trinajstić information content (AvgIpc) is 3.14. The fourth-order valence-electron chi connectivity index (χ4n) is 4.49. The molecule has 6 heteroatoms. The van der Waals surface area contributed by atoms with Gasteiger partial charge >= 0.3 is 0 Å². The number of rotatable bonds is 9. The third-order valence-corrected chi connectivity index (χ3v) is 7.27. The Bertz CT molecular complexity index is 976. The lowest BCUT2D eigenvalue weighted by atomic mass is 9.87. The minimum atomic E-state index is 0.898. The van der Waals surface area contributed by atoms with Crippen LogP contribution in [0.4, 0.5) is 5.82 Å². The van der Waals surface area contributed by atoms with E-state index in [0.29, 0.717) is 0 Å². The van der Waals surface area contributed by atoms with Gasteiger partial charge in [-0.3, -0.25) is 0 Å². The first-order chi connectivity index (χ1) is 14.3. The first kappa shape index (κ1) is 20.5. The molecule has 0 spiro atoms. The van der Waals surface area contributed by atoms with Gasteiger partial charge in [0.25, 0.3) is 0 Å². The maximum Gasteiger partial charge on any atom is 0.147 e. The van der Waals surface area contributed by atoms with E-state index in [0.717, 1.165) is 59.9 Å². The van der Waals surface area contributed by atoms with Crippen molar-refractivity contribution < 1.29 is 0 Å². The Labute approximate surface area is 178 Å². The molecule has 0 bridgehead atoms. The average molecular weight is 412 g/mol. The molecule has 5 nitrogen and oxygen atoms in total. The highest BCUT2D eigenvalue weighted by molar-refractivity contribution is 7.26. The fraction of sp³-hybridized carbons (Fsp3) is 0.609. The highest BCUT2D eigenvalue weighted by atomic mass is 32.1. The Balaban J connectivity index is 1.74.